The molecule has 0 saturated heterocycles. The number of nitrogens with one attached hydrogen (secondary N) is 3. The number of carbonyl (C=O) groups excluding carboxylic acids is 3. The van der Waals surface area contributed by atoms with Gasteiger partial charge in [-0.05, 0) is 55.2 Å². The van der Waals surface area contributed by atoms with Crippen molar-refractivity contribution in [2.24, 2.45) is 11.8 Å². The first kappa shape index (κ1) is 34.0. The summed E-state index contributed by atoms with van der Waals surface area (Å²) in [5.74, 6) is -10.4. The van der Waals surface area contributed by atoms with Crippen molar-refractivity contribution in [2.45, 2.75) is 26.2 Å². The zero-order valence-electron chi connectivity index (χ0n) is 23.6. The number of halogens is 2. The van der Waals surface area contributed by atoms with Crippen molar-refractivity contribution < 1.29 is 62.4 Å². The van der Waals surface area contributed by atoms with E-state index in [1.54, 1.807) is 6.92 Å². The highest BCUT2D eigenvalue weighted by Gasteiger charge is 2.32. The highest BCUT2D eigenvalue weighted by molar-refractivity contribution is 5.96. The number of aromatic hydroxyl groups is 1. The molecule has 16 heteroatoms. The van der Waals surface area contributed by atoms with Gasteiger partial charge >= 0.3 is 11.9 Å². The molecule has 0 fully saturated rings. The Kier molecular flexibility index (Phi) is 11.5. The summed E-state index contributed by atoms with van der Waals surface area (Å²) in [6, 6.07) is 7.42. The molecule has 0 aliphatic heterocycles. The first-order valence-corrected chi connectivity index (χ1v) is 13.3. The normalized spacial score (nSPS) is 12.1. The van der Waals surface area contributed by atoms with E-state index in [1.807, 2.05) is 0 Å². The van der Waals surface area contributed by atoms with Crippen molar-refractivity contribution >= 4 is 29.7 Å². The number of benzene rings is 2. The second-order valence-corrected chi connectivity index (χ2v) is 9.61. The van der Waals surface area contributed by atoms with E-state index in [9.17, 15) is 43.0 Å². The summed E-state index contributed by atoms with van der Waals surface area (Å²) in [6.07, 6.45) is 0.0176. The van der Waals surface area contributed by atoms with Gasteiger partial charge in [0.15, 0.2) is 12.4 Å². The van der Waals surface area contributed by atoms with Crippen LogP contribution in [0.3, 0.4) is 0 Å². The molecule has 0 aliphatic rings. The summed E-state index contributed by atoms with van der Waals surface area (Å²) in [6.45, 7) is 0.341. The average molecular weight is 634 g/mol. The number of aliphatic carboxylic acids is 1. The Labute approximate surface area is 253 Å². The Bertz CT molecular complexity index is 1590. The number of amides is 3. The summed E-state index contributed by atoms with van der Waals surface area (Å²) >= 11 is 0. The molecule has 2 aromatic carbocycles. The Hall–Kier alpha value is -5.51. The number of hydrogen-bond acceptors (Lipinski definition) is 9. The van der Waals surface area contributed by atoms with E-state index in [1.165, 1.54) is 23.7 Å². The summed E-state index contributed by atoms with van der Waals surface area (Å²) in [5.41, 5.74) is 0.779. The van der Waals surface area contributed by atoms with Crippen LogP contribution >= 0.6 is 0 Å². The maximum absolute atomic E-state index is 14.1. The van der Waals surface area contributed by atoms with Gasteiger partial charge in [-0.3, -0.25) is 19.6 Å². The lowest BCUT2D eigenvalue weighted by Crippen LogP contribution is -2.45. The van der Waals surface area contributed by atoms with Gasteiger partial charge < -0.3 is 35.1 Å². The molecule has 0 saturated carbocycles. The number of carboxylic acids is 2. The van der Waals surface area contributed by atoms with E-state index in [0.717, 1.165) is 18.2 Å². The van der Waals surface area contributed by atoms with Gasteiger partial charge in [0.1, 0.15) is 34.5 Å². The molecule has 7 N–H and O–H groups in total. The summed E-state index contributed by atoms with van der Waals surface area (Å²) in [5, 5.41) is 42.6. The maximum atomic E-state index is 14.1. The Morgan fingerprint density at radius 1 is 0.956 bits per heavy atom. The van der Waals surface area contributed by atoms with E-state index < -0.39 is 77.7 Å². The fraction of sp³-hybridized carbons (Fsp3) is 0.276. The predicted molar refractivity (Wildman–Crippen MR) is 148 cm³/mol. The molecule has 0 radical (unpaired) electrons. The lowest BCUT2D eigenvalue weighted by atomic mass is 9.84. The summed E-state index contributed by atoms with van der Waals surface area (Å²) in [7, 11) is 0. The van der Waals surface area contributed by atoms with Crippen LogP contribution < -0.4 is 20.9 Å². The first-order chi connectivity index (χ1) is 21.4. The standard InChI is InChI=1S/C29H29F2N3O11/c1-2-17(27(39)34-43)18(6-4-14-3-5-15(30)9-21(14)31)26(38)32-13-33-28(40)23-8-7-22(45-23)19-10-16(44-12-24(35)36)11-20(25(19)37)29(41)42/h3,5,7-11,17-18,37,43H,2,4,6,12-13H2,1H3,(H,32,38)(H,33,40)(H,34,39)(H,35,36)(H,41,42)/t17-,18-/m1/s1. The molecule has 0 unspecified atom stereocenters. The molecule has 1 aromatic heterocycles. The molecule has 0 spiro atoms. The van der Waals surface area contributed by atoms with Crippen molar-refractivity contribution in [3.8, 4) is 22.8 Å². The minimum Gasteiger partial charge on any atom is -0.506 e. The smallest absolute Gasteiger partial charge is 0.341 e. The number of hydrogen-bond donors (Lipinski definition) is 7. The van der Waals surface area contributed by atoms with Crippen molar-refractivity contribution in [1.29, 1.82) is 0 Å². The molecule has 2 atom stereocenters. The number of furan rings is 1. The van der Waals surface area contributed by atoms with Gasteiger partial charge in [-0.25, -0.2) is 23.9 Å². The van der Waals surface area contributed by atoms with Crippen LogP contribution in [-0.4, -0.2) is 63.5 Å². The highest BCUT2D eigenvalue weighted by Crippen LogP contribution is 2.37. The van der Waals surface area contributed by atoms with Gasteiger partial charge in [0, 0.05) is 12.0 Å². The van der Waals surface area contributed by atoms with Crippen LogP contribution in [0.1, 0.15) is 46.2 Å². The van der Waals surface area contributed by atoms with Crippen LogP contribution in [0.2, 0.25) is 0 Å². The Morgan fingerprint density at radius 2 is 1.69 bits per heavy atom. The SMILES string of the molecule is CC[C@@H](C(=O)NO)[C@@H](CCc1ccc(F)cc1F)C(=O)NCNC(=O)c1ccc(-c2cc(OCC(=O)O)cc(C(=O)O)c2O)o1. The van der Waals surface area contributed by atoms with Crippen LogP contribution in [0.4, 0.5) is 8.78 Å². The van der Waals surface area contributed by atoms with E-state index >= 15 is 0 Å². The number of rotatable bonds is 15. The largest absolute Gasteiger partial charge is 0.506 e. The Morgan fingerprint density at radius 3 is 2.31 bits per heavy atom. The highest BCUT2D eigenvalue weighted by atomic mass is 19.1. The number of phenols is 1. The van der Waals surface area contributed by atoms with Crippen LogP contribution in [-0.2, 0) is 20.8 Å². The van der Waals surface area contributed by atoms with Gasteiger partial charge in [0.2, 0.25) is 11.8 Å². The van der Waals surface area contributed by atoms with Gasteiger partial charge in [0.25, 0.3) is 5.91 Å². The summed E-state index contributed by atoms with van der Waals surface area (Å²) < 4.78 is 37.9. The molecule has 45 heavy (non-hydrogen) atoms. The van der Waals surface area contributed by atoms with Crippen LogP contribution in [0.15, 0.2) is 46.9 Å². The van der Waals surface area contributed by atoms with Crippen LogP contribution in [0.5, 0.6) is 11.5 Å². The third-order valence-corrected chi connectivity index (χ3v) is 6.73. The number of aryl methyl sites for hydroxylation is 1. The van der Waals surface area contributed by atoms with Crippen molar-refractivity contribution in [1.82, 2.24) is 16.1 Å². The van der Waals surface area contributed by atoms with Crippen molar-refractivity contribution in [2.75, 3.05) is 13.3 Å². The molecule has 3 aromatic rings. The second-order valence-electron chi connectivity index (χ2n) is 9.61. The number of ether oxygens (including phenoxy) is 1. The molecule has 1 heterocycles. The predicted octanol–water partition coefficient (Wildman–Crippen LogP) is 2.68. The third kappa shape index (κ3) is 8.76. The van der Waals surface area contributed by atoms with E-state index in [4.69, 9.17) is 19.5 Å². The van der Waals surface area contributed by atoms with E-state index in [0.29, 0.717) is 6.07 Å². The molecule has 240 valence electrons. The minimum atomic E-state index is -1.54. The van der Waals surface area contributed by atoms with E-state index in [-0.39, 0.29) is 47.7 Å². The molecule has 0 aliphatic carbocycles. The molecule has 14 nitrogen and oxygen atoms in total. The fourth-order valence-electron chi connectivity index (χ4n) is 4.51. The molecule has 3 amide bonds. The molecular formula is C29H29F2N3O11. The zero-order chi connectivity index (χ0) is 33.3. The number of aromatic carboxylic acids is 1. The van der Waals surface area contributed by atoms with Crippen LogP contribution in [0.25, 0.3) is 11.3 Å². The van der Waals surface area contributed by atoms with Gasteiger partial charge in [-0.15, -0.1) is 0 Å². The Balaban J connectivity index is 1.71. The third-order valence-electron chi connectivity index (χ3n) is 6.73. The lowest BCUT2D eigenvalue weighted by molar-refractivity contribution is -0.140. The van der Waals surface area contributed by atoms with E-state index in [2.05, 4.69) is 10.6 Å². The molecular weight excluding hydrogens is 604 g/mol. The van der Waals surface area contributed by atoms with Gasteiger partial charge in [0.05, 0.1) is 18.2 Å². The molecule has 0 bridgehead atoms. The van der Waals surface area contributed by atoms with Crippen molar-refractivity contribution in [3.05, 3.63) is 71.0 Å². The average Bonchev–Trinajstić information content (AvgIpc) is 3.49. The van der Waals surface area contributed by atoms with Gasteiger partial charge in [-0.1, -0.05) is 13.0 Å². The van der Waals surface area contributed by atoms with Crippen molar-refractivity contribution in [3.63, 3.8) is 0 Å². The quantitative estimate of drug-likeness (QED) is 0.0732. The lowest BCUT2D eigenvalue weighted by Gasteiger charge is -2.24. The molecule has 3 rings (SSSR count). The van der Waals surface area contributed by atoms with Gasteiger partial charge in [-0.2, -0.15) is 0 Å². The summed E-state index contributed by atoms with van der Waals surface area (Å²) in [4.78, 5) is 60.4. The second kappa shape index (κ2) is 15.3. The zero-order valence-corrected chi connectivity index (χ0v) is 23.6. The monoisotopic (exact) mass is 633 g/mol. The minimum absolute atomic E-state index is 0.0417. The maximum Gasteiger partial charge on any atom is 0.341 e. The first-order valence-electron chi connectivity index (χ1n) is 13.3. The topological polar surface area (TPSA) is 225 Å². The van der Waals surface area contributed by atoms with Crippen LogP contribution in [0, 0.1) is 23.5 Å². The number of carbonyl (C=O) groups is 5. The number of carboxylic acid groups (broad SMARTS) is 2. The number of hydroxylamine groups is 1. The fourth-order valence-corrected chi connectivity index (χ4v) is 4.51.